The lowest BCUT2D eigenvalue weighted by molar-refractivity contribution is -0.144. The third-order valence-corrected chi connectivity index (χ3v) is 4.90. The molecule has 0 unspecified atom stereocenters. The van der Waals surface area contributed by atoms with Gasteiger partial charge >= 0.3 is 0 Å². The number of Topliss-reactive ketones (excluding diaryl/α,β-unsaturated/α-hetero) is 1. The molecule has 1 spiro atoms. The highest BCUT2D eigenvalue weighted by Gasteiger charge is 2.46. The van der Waals surface area contributed by atoms with Crippen LogP contribution in [0, 0.1) is 0 Å². The van der Waals surface area contributed by atoms with E-state index >= 15 is 0 Å². The van der Waals surface area contributed by atoms with E-state index < -0.39 is 5.60 Å². The van der Waals surface area contributed by atoms with Crippen LogP contribution in [0.25, 0.3) is 11.3 Å². The molecule has 1 amide bonds. The van der Waals surface area contributed by atoms with Crippen LogP contribution in [-0.4, -0.2) is 52.1 Å². The lowest BCUT2D eigenvalue weighted by Crippen LogP contribution is -2.53. The molecule has 1 aromatic heterocycles. The third-order valence-electron chi connectivity index (χ3n) is 4.90. The first-order chi connectivity index (χ1) is 11.7. The Morgan fingerprint density at radius 1 is 1.25 bits per heavy atom. The van der Waals surface area contributed by atoms with Gasteiger partial charge in [-0.15, -0.1) is 0 Å². The fourth-order valence-electron chi connectivity index (χ4n) is 3.50. The maximum absolute atomic E-state index is 12.7. The van der Waals surface area contributed by atoms with Crippen molar-refractivity contribution in [2.75, 3.05) is 19.7 Å². The molecule has 0 saturated carbocycles. The second kappa shape index (κ2) is 5.87. The van der Waals surface area contributed by atoms with Gasteiger partial charge < -0.3 is 9.64 Å². The standard InChI is InChI=1S/C18H19N3O3/c22-16-12-21(9-8-18(16)7-4-10-24-18)17(23)15-11-14(19-20-15)13-5-2-1-3-6-13/h1-3,5-6,11H,4,7-10,12H2,(H,19,20)/t18-/m0/s1. The van der Waals surface area contributed by atoms with Crippen molar-refractivity contribution in [3.63, 3.8) is 0 Å². The molecule has 2 aliphatic rings. The molecule has 3 heterocycles. The Morgan fingerprint density at radius 2 is 2.08 bits per heavy atom. The quantitative estimate of drug-likeness (QED) is 0.917. The van der Waals surface area contributed by atoms with E-state index in [2.05, 4.69) is 10.2 Å². The third kappa shape index (κ3) is 2.53. The van der Waals surface area contributed by atoms with Crippen LogP contribution in [0.4, 0.5) is 0 Å². The molecule has 2 saturated heterocycles. The Labute approximate surface area is 139 Å². The van der Waals surface area contributed by atoms with E-state index in [-0.39, 0.29) is 18.2 Å². The van der Waals surface area contributed by atoms with E-state index in [1.807, 2.05) is 30.3 Å². The van der Waals surface area contributed by atoms with Gasteiger partial charge in [0.15, 0.2) is 5.78 Å². The Morgan fingerprint density at radius 3 is 2.79 bits per heavy atom. The van der Waals surface area contributed by atoms with Crippen molar-refractivity contribution < 1.29 is 14.3 Å². The first kappa shape index (κ1) is 15.1. The van der Waals surface area contributed by atoms with Gasteiger partial charge in [0.2, 0.25) is 0 Å². The van der Waals surface area contributed by atoms with E-state index in [9.17, 15) is 9.59 Å². The number of carbonyl (C=O) groups is 2. The number of hydrogen-bond acceptors (Lipinski definition) is 4. The molecule has 6 heteroatoms. The minimum atomic E-state index is -0.639. The molecule has 124 valence electrons. The Hall–Kier alpha value is -2.47. The number of likely N-dealkylation sites (tertiary alicyclic amines) is 1. The van der Waals surface area contributed by atoms with E-state index in [1.165, 1.54) is 0 Å². The van der Waals surface area contributed by atoms with Crippen LogP contribution in [0.1, 0.15) is 29.8 Å². The number of rotatable bonds is 2. The van der Waals surface area contributed by atoms with E-state index in [4.69, 9.17) is 4.74 Å². The monoisotopic (exact) mass is 325 g/mol. The van der Waals surface area contributed by atoms with Crippen LogP contribution in [0.15, 0.2) is 36.4 Å². The number of benzene rings is 1. The highest BCUT2D eigenvalue weighted by atomic mass is 16.5. The summed E-state index contributed by atoms with van der Waals surface area (Å²) in [6, 6.07) is 11.4. The number of nitrogens with one attached hydrogen (secondary N) is 1. The van der Waals surface area contributed by atoms with Gasteiger partial charge in [-0.2, -0.15) is 5.10 Å². The van der Waals surface area contributed by atoms with Gasteiger partial charge in [-0.1, -0.05) is 30.3 Å². The predicted octanol–water partition coefficient (Wildman–Crippen LogP) is 2.04. The van der Waals surface area contributed by atoms with Gasteiger partial charge in [0, 0.05) is 25.1 Å². The molecule has 0 radical (unpaired) electrons. The molecule has 4 rings (SSSR count). The number of ether oxygens (including phenoxy) is 1. The smallest absolute Gasteiger partial charge is 0.272 e. The van der Waals surface area contributed by atoms with Crippen molar-refractivity contribution in [2.45, 2.75) is 24.9 Å². The lowest BCUT2D eigenvalue weighted by Gasteiger charge is -2.36. The number of piperidine rings is 1. The summed E-state index contributed by atoms with van der Waals surface area (Å²) in [6.45, 7) is 1.28. The Balaban J connectivity index is 1.49. The normalized spacial score (nSPS) is 23.8. The predicted molar refractivity (Wildman–Crippen MR) is 87.5 cm³/mol. The number of ketones is 1. The molecule has 1 aromatic carbocycles. The van der Waals surface area contributed by atoms with Crippen molar-refractivity contribution in [3.8, 4) is 11.3 Å². The van der Waals surface area contributed by atoms with E-state index in [1.54, 1.807) is 11.0 Å². The van der Waals surface area contributed by atoms with Crippen LogP contribution in [0.2, 0.25) is 0 Å². The summed E-state index contributed by atoms with van der Waals surface area (Å²) in [5, 5.41) is 7.00. The largest absolute Gasteiger partial charge is 0.367 e. The number of H-pyrrole nitrogens is 1. The molecule has 2 aliphatic heterocycles. The molecule has 2 aromatic rings. The van der Waals surface area contributed by atoms with Crippen LogP contribution in [0.5, 0.6) is 0 Å². The number of hydrogen-bond donors (Lipinski definition) is 1. The van der Waals surface area contributed by atoms with E-state index in [0.717, 1.165) is 24.1 Å². The van der Waals surface area contributed by atoms with Crippen molar-refractivity contribution in [2.24, 2.45) is 0 Å². The average molecular weight is 325 g/mol. The van der Waals surface area contributed by atoms with Gasteiger partial charge in [-0.05, 0) is 18.9 Å². The minimum absolute atomic E-state index is 0.0161. The Bertz CT molecular complexity index is 763. The number of nitrogens with zero attached hydrogens (tertiary/aromatic N) is 2. The van der Waals surface area contributed by atoms with Gasteiger partial charge in [0.1, 0.15) is 11.3 Å². The summed E-state index contributed by atoms with van der Waals surface area (Å²) < 4.78 is 5.68. The van der Waals surface area contributed by atoms with Crippen LogP contribution >= 0.6 is 0 Å². The maximum atomic E-state index is 12.7. The number of aromatic nitrogens is 2. The van der Waals surface area contributed by atoms with Gasteiger partial charge in [-0.3, -0.25) is 14.7 Å². The average Bonchev–Trinajstić information content (AvgIpc) is 3.28. The fourth-order valence-corrected chi connectivity index (χ4v) is 3.50. The number of amides is 1. The van der Waals surface area contributed by atoms with E-state index in [0.29, 0.717) is 25.3 Å². The van der Waals surface area contributed by atoms with Gasteiger partial charge in [-0.25, -0.2) is 0 Å². The highest BCUT2D eigenvalue weighted by Crippen LogP contribution is 2.33. The van der Waals surface area contributed by atoms with Crippen LogP contribution in [0.3, 0.4) is 0 Å². The molecular formula is C18H19N3O3. The zero-order valence-corrected chi connectivity index (χ0v) is 13.3. The summed E-state index contributed by atoms with van der Waals surface area (Å²) in [6.07, 6.45) is 2.27. The summed E-state index contributed by atoms with van der Waals surface area (Å²) >= 11 is 0. The molecule has 1 N–H and O–H groups in total. The first-order valence-electron chi connectivity index (χ1n) is 8.25. The summed E-state index contributed by atoms with van der Waals surface area (Å²) in [4.78, 5) is 26.7. The Kier molecular flexibility index (Phi) is 3.69. The van der Waals surface area contributed by atoms with Crippen LogP contribution < -0.4 is 0 Å². The van der Waals surface area contributed by atoms with Gasteiger partial charge in [0.25, 0.3) is 5.91 Å². The summed E-state index contributed by atoms with van der Waals surface area (Å²) in [7, 11) is 0. The van der Waals surface area contributed by atoms with Crippen LogP contribution in [-0.2, 0) is 9.53 Å². The molecule has 1 atom stereocenters. The fraction of sp³-hybridized carbons (Fsp3) is 0.389. The zero-order chi connectivity index (χ0) is 16.6. The first-order valence-corrected chi connectivity index (χ1v) is 8.25. The highest BCUT2D eigenvalue weighted by molar-refractivity contribution is 5.99. The second-order valence-corrected chi connectivity index (χ2v) is 6.38. The van der Waals surface area contributed by atoms with Crippen molar-refractivity contribution >= 4 is 11.7 Å². The van der Waals surface area contributed by atoms with Gasteiger partial charge in [0.05, 0.1) is 12.2 Å². The number of aromatic amines is 1. The molecule has 2 fully saturated rings. The van der Waals surface area contributed by atoms with Crippen molar-refractivity contribution in [1.29, 1.82) is 0 Å². The molecule has 24 heavy (non-hydrogen) atoms. The topological polar surface area (TPSA) is 75.3 Å². The maximum Gasteiger partial charge on any atom is 0.272 e. The molecule has 0 aliphatic carbocycles. The van der Waals surface area contributed by atoms with Crippen molar-refractivity contribution in [1.82, 2.24) is 15.1 Å². The zero-order valence-electron chi connectivity index (χ0n) is 13.3. The SMILES string of the molecule is O=C(c1cc(-c2ccccc2)n[nH]1)N1CC[C@@]2(CCCO2)C(=O)C1. The lowest BCUT2D eigenvalue weighted by atomic mass is 9.87. The minimum Gasteiger partial charge on any atom is -0.367 e. The van der Waals surface area contributed by atoms with Crippen molar-refractivity contribution in [3.05, 3.63) is 42.1 Å². The molecule has 6 nitrogen and oxygen atoms in total. The molecular weight excluding hydrogens is 306 g/mol. The second-order valence-electron chi connectivity index (χ2n) is 6.38. The number of carbonyl (C=O) groups excluding carboxylic acids is 2. The summed E-state index contributed by atoms with van der Waals surface area (Å²) in [5.41, 5.74) is 1.43. The molecule has 0 bridgehead atoms. The summed E-state index contributed by atoms with van der Waals surface area (Å²) in [5.74, 6) is -0.173.